The molecular formula is C20H40IN5O. The monoisotopic (exact) mass is 493 g/mol. The molecule has 0 saturated carbocycles. The van der Waals surface area contributed by atoms with E-state index in [1.165, 1.54) is 12.0 Å². The predicted molar refractivity (Wildman–Crippen MR) is 125 cm³/mol. The minimum Gasteiger partial charge on any atom is -0.361 e. The number of aromatic nitrogens is 1. The van der Waals surface area contributed by atoms with E-state index in [1.807, 2.05) is 7.05 Å². The highest BCUT2D eigenvalue weighted by Gasteiger charge is 2.18. The summed E-state index contributed by atoms with van der Waals surface area (Å²) < 4.78 is 5.45. The Morgan fingerprint density at radius 3 is 2.26 bits per heavy atom. The topological polar surface area (TPSA) is 65.7 Å². The molecule has 0 aliphatic heterocycles. The third-order valence-corrected chi connectivity index (χ3v) is 4.84. The van der Waals surface area contributed by atoms with Crippen molar-refractivity contribution in [2.75, 3.05) is 26.7 Å². The first kappa shape index (κ1) is 26.2. The highest BCUT2D eigenvalue weighted by atomic mass is 127. The van der Waals surface area contributed by atoms with Crippen molar-refractivity contribution in [3.8, 4) is 0 Å². The van der Waals surface area contributed by atoms with E-state index in [4.69, 9.17) is 4.52 Å². The summed E-state index contributed by atoms with van der Waals surface area (Å²) >= 11 is 0. The van der Waals surface area contributed by atoms with Gasteiger partial charge in [-0.15, -0.1) is 24.0 Å². The molecule has 0 saturated heterocycles. The van der Waals surface area contributed by atoms with Crippen molar-refractivity contribution < 1.29 is 4.52 Å². The summed E-state index contributed by atoms with van der Waals surface area (Å²) in [7, 11) is 1.82. The summed E-state index contributed by atoms with van der Waals surface area (Å²) in [5.74, 6) is 2.47. The largest absolute Gasteiger partial charge is 0.361 e. The summed E-state index contributed by atoms with van der Waals surface area (Å²) in [6.45, 7) is 17.0. The van der Waals surface area contributed by atoms with Crippen LogP contribution in [-0.2, 0) is 19.4 Å². The van der Waals surface area contributed by atoms with Crippen LogP contribution in [0.5, 0.6) is 0 Å². The fraction of sp³-hybridized carbons (Fsp3) is 0.800. The van der Waals surface area contributed by atoms with Gasteiger partial charge in [0.05, 0.1) is 5.69 Å². The van der Waals surface area contributed by atoms with Gasteiger partial charge in [0, 0.05) is 38.2 Å². The number of aryl methyl sites for hydroxylation is 2. The van der Waals surface area contributed by atoms with Crippen LogP contribution in [0.2, 0.25) is 0 Å². The maximum atomic E-state index is 5.45. The van der Waals surface area contributed by atoms with Crippen LogP contribution in [0.15, 0.2) is 9.52 Å². The minimum absolute atomic E-state index is 0. The lowest BCUT2D eigenvalue weighted by Gasteiger charge is -2.31. The van der Waals surface area contributed by atoms with Crippen LogP contribution < -0.4 is 10.6 Å². The molecule has 27 heavy (non-hydrogen) atoms. The van der Waals surface area contributed by atoms with Gasteiger partial charge in [-0.3, -0.25) is 9.89 Å². The standard InChI is InChI=1S/C20H39N5O.HI/c1-8-18-17(19(9-2)26-24-18)14-23-20(21-7)22-13-16(12-15(5)6)25(10-3)11-4;/h15-16H,8-14H2,1-7H3,(H2,21,22,23);1H. The van der Waals surface area contributed by atoms with Gasteiger partial charge < -0.3 is 15.2 Å². The fourth-order valence-electron chi connectivity index (χ4n) is 3.39. The van der Waals surface area contributed by atoms with Crippen LogP contribution in [0.25, 0.3) is 0 Å². The van der Waals surface area contributed by atoms with Crippen LogP contribution in [0.3, 0.4) is 0 Å². The van der Waals surface area contributed by atoms with E-state index in [2.05, 4.69) is 67.2 Å². The molecule has 1 rings (SSSR count). The molecule has 0 aliphatic carbocycles. The number of hydrogen-bond donors (Lipinski definition) is 2. The normalized spacial score (nSPS) is 13.0. The molecule has 1 atom stereocenters. The van der Waals surface area contributed by atoms with E-state index in [0.717, 1.165) is 49.9 Å². The molecule has 1 aromatic rings. The molecule has 0 aliphatic rings. The van der Waals surface area contributed by atoms with Crippen molar-refractivity contribution in [1.29, 1.82) is 0 Å². The van der Waals surface area contributed by atoms with Crippen molar-refractivity contribution in [3.63, 3.8) is 0 Å². The molecule has 1 unspecified atom stereocenters. The first-order valence-corrected chi connectivity index (χ1v) is 10.1. The van der Waals surface area contributed by atoms with Gasteiger partial charge in [0.1, 0.15) is 5.76 Å². The van der Waals surface area contributed by atoms with Crippen molar-refractivity contribution in [2.24, 2.45) is 10.9 Å². The Hall–Kier alpha value is -0.830. The smallest absolute Gasteiger partial charge is 0.191 e. The van der Waals surface area contributed by atoms with Gasteiger partial charge >= 0.3 is 0 Å². The van der Waals surface area contributed by atoms with Gasteiger partial charge in [0.2, 0.25) is 0 Å². The second kappa shape index (κ2) is 14.2. The Bertz CT molecular complexity index is 519. The van der Waals surface area contributed by atoms with Crippen LogP contribution in [-0.4, -0.2) is 48.7 Å². The molecule has 2 N–H and O–H groups in total. The molecule has 6 nitrogen and oxygen atoms in total. The Kier molecular flexibility index (Phi) is 13.8. The molecule has 0 amide bonds. The quantitative estimate of drug-likeness (QED) is 0.279. The maximum absolute atomic E-state index is 5.45. The Morgan fingerprint density at radius 2 is 1.78 bits per heavy atom. The summed E-state index contributed by atoms with van der Waals surface area (Å²) in [4.78, 5) is 6.90. The van der Waals surface area contributed by atoms with E-state index < -0.39 is 0 Å². The van der Waals surface area contributed by atoms with Crippen molar-refractivity contribution in [2.45, 2.75) is 73.4 Å². The second-order valence-electron chi connectivity index (χ2n) is 7.05. The van der Waals surface area contributed by atoms with Gasteiger partial charge in [-0.25, -0.2) is 0 Å². The van der Waals surface area contributed by atoms with Gasteiger partial charge in [0.15, 0.2) is 5.96 Å². The lowest BCUT2D eigenvalue weighted by molar-refractivity contribution is 0.191. The van der Waals surface area contributed by atoms with E-state index in [9.17, 15) is 0 Å². The third-order valence-electron chi connectivity index (χ3n) is 4.84. The number of hydrogen-bond acceptors (Lipinski definition) is 4. The molecule has 7 heteroatoms. The molecule has 1 heterocycles. The predicted octanol–water partition coefficient (Wildman–Crippen LogP) is 3.84. The summed E-state index contributed by atoms with van der Waals surface area (Å²) in [5.41, 5.74) is 2.20. The number of aliphatic imine (C=N–C) groups is 1. The molecule has 0 fully saturated rings. The van der Waals surface area contributed by atoms with E-state index in [0.29, 0.717) is 18.5 Å². The van der Waals surface area contributed by atoms with Crippen LogP contribution in [0.4, 0.5) is 0 Å². The second-order valence-corrected chi connectivity index (χ2v) is 7.05. The highest BCUT2D eigenvalue weighted by Crippen LogP contribution is 2.15. The first-order valence-electron chi connectivity index (χ1n) is 10.1. The zero-order valence-corrected chi connectivity index (χ0v) is 20.6. The highest BCUT2D eigenvalue weighted by molar-refractivity contribution is 14.0. The summed E-state index contributed by atoms with van der Waals surface area (Å²) in [6, 6.07) is 0.511. The molecule has 0 bridgehead atoms. The summed E-state index contributed by atoms with van der Waals surface area (Å²) in [5, 5.41) is 11.1. The van der Waals surface area contributed by atoms with Crippen LogP contribution >= 0.6 is 24.0 Å². The van der Waals surface area contributed by atoms with E-state index in [1.54, 1.807) is 0 Å². The van der Waals surface area contributed by atoms with Crippen molar-refractivity contribution in [1.82, 2.24) is 20.7 Å². The van der Waals surface area contributed by atoms with E-state index in [-0.39, 0.29) is 24.0 Å². The van der Waals surface area contributed by atoms with Gasteiger partial charge in [-0.2, -0.15) is 0 Å². The molecule has 0 spiro atoms. The lowest BCUT2D eigenvalue weighted by atomic mass is 10.0. The average molecular weight is 493 g/mol. The number of nitrogens with one attached hydrogen (secondary N) is 2. The van der Waals surface area contributed by atoms with Gasteiger partial charge in [0.25, 0.3) is 0 Å². The van der Waals surface area contributed by atoms with E-state index >= 15 is 0 Å². The van der Waals surface area contributed by atoms with Gasteiger partial charge in [-0.1, -0.05) is 46.7 Å². The maximum Gasteiger partial charge on any atom is 0.191 e. The Balaban J connectivity index is 0.00000676. The molecular weight excluding hydrogens is 453 g/mol. The number of likely N-dealkylation sites (N-methyl/N-ethyl adjacent to an activating group) is 1. The Morgan fingerprint density at radius 1 is 1.11 bits per heavy atom. The molecule has 1 aromatic heterocycles. The summed E-state index contributed by atoms with van der Waals surface area (Å²) in [6.07, 6.45) is 2.91. The lowest BCUT2D eigenvalue weighted by Crippen LogP contribution is -2.47. The average Bonchev–Trinajstić information content (AvgIpc) is 3.04. The van der Waals surface area contributed by atoms with Crippen LogP contribution in [0.1, 0.15) is 65.0 Å². The molecule has 0 aromatic carbocycles. The molecule has 158 valence electrons. The number of halogens is 1. The number of rotatable bonds is 11. The van der Waals surface area contributed by atoms with Crippen LogP contribution in [0, 0.1) is 5.92 Å². The third kappa shape index (κ3) is 8.37. The first-order chi connectivity index (χ1) is 12.5. The number of nitrogens with zero attached hydrogens (tertiary/aromatic N) is 3. The molecule has 0 radical (unpaired) electrons. The van der Waals surface area contributed by atoms with Crippen molar-refractivity contribution >= 4 is 29.9 Å². The number of guanidine groups is 1. The zero-order valence-electron chi connectivity index (χ0n) is 18.3. The minimum atomic E-state index is 0. The SMILES string of the molecule is CCc1noc(CC)c1CNC(=NC)NCC(CC(C)C)N(CC)CC.I. The Labute approximate surface area is 182 Å². The van der Waals surface area contributed by atoms with Gasteiger partial charge in [-0.05, 0) is 31.8 Å². The fourth-order valence-corrected chi connectivity index (χ4v) is 3.39. The van der Waals surface area contributed by atoms with Crippen molar-refractivity contribution in [3.05, 3.63) is 17.0 Å². The zero-order chi connectivity index (χ0) is 19.5.